The van der Waals surface area contributed by atoms with Crippen LogP contribution >= 0.6 is 0 Å². The molecule has 0 unspecified atom stereocenters. The van der Waals surface area contributed by atoms with E-state index in [0.717, 1.165) is 17.4 Å². The summed E-state index contributed by atoms with van der Waals surface area (Å²) in [4.78, 5) is 36.9. The summed E-state index contributed by atoms with van der Waals surface area (Å²) in [7, 11) is 0. The average molecular weight is 390 g/mol. The lowest BCUT2D eigenvalue weighted by Crippen LogP contribution is -2.06. The Morgan fingerprint density at radius 2 is 0.667 bits per heavy atom. The van der Waals surface area contributed by atoms with E-state index < -0.39 is 0 Å². The molecule has 0 atom stereocenters. The van der Waals surface area contributed by atoms with Gasteiger partial charge in [-0.05, 0) is 16.7 Å². The van der Waals surface area contributed by atoms with Gasteiger partial charge in [-0.3, -0.25) is 14.4 Å². The molecule has 0 fully saturated rings. The van der Waals surface area contributed by atoms with Gasteiger partial charge in [0.2, 0.25) is 0 Å². The molecule has 0 bridgehead atoms. The van der Waals surface area contributed by atoms with Crippen molar-refractivity contribution in [2.24, 2.45) is 0 Å². The van der Waals surface area contributed by atoms with Gasteiger partial charge < -0.3 is 0 Å². The van der Waals surface area contributed by atoms with Crippen molar-refractivity contribution in [2.75, 3.05) is 0 Å². The molecular weight excluding hydrogens is 372 g/mol. The largest absolute Gasteiger partial charge is 0.298 e. The molecule has 0 spiro atoms. The first-order valence-corrected chi connectivity index (χ1v) is 9.56. The molecule has 0 heterocycles. The van der Waals surface area contributed by atoms with E-state index in [2.05, 4.69) is 0 Å². The number of rotatable bonds is 6. The molecule has 4 aromatic rings. The Morgan fingerprint density at radius 3 is 1.03 bits per heavy atom. The van der Waals surface area contributed by atoms with Gasteiger partial charge in [-0.15, -0.1) is 0 Å². The van der Waals surface area contributed by atoms with Crippen LogP contribution < -0.4 is 0 Å². The zero-order valence-electron chi connectivity index (χ0n) is 16.1. The molecule has 30 heavy (non-hydrogen) atoms. The van der Waals surface area contributed by atoms with Crippen LogP contribution in [0.1, 0.15) is 31.1 Å². The van der Waals surface area contributed by atoms with Crippen molar-refractivity contribution in [3.63, 3.8) is 0 Å². The maximum atomic E-state index is 12.4. The zero-order valence-corrected chi connectivity index (χ0v) is 16.1. The number of hydrogen-bond acceptors (Lipinski definition) is 3. The smallest absolute Gasteiger partial charge is 0.151 e. The van der Waals surface area contributed by atoms with Crippen LogP contribution in [0.4, 0.5) is 0 Å². The van der Waals surface area contributed by atoms with Crippen LogP contribution in [0.2, 0.25) is 0 Å². The number of carbonyl (C=O) groups is 3. The van der Waals surface area contributed by atoms with Crippen LogP contribution in [-0.2, 0) is 0 Å². The molecule has 0 aromatic heterocycles. The van der Waals surface area contributed by atoms with Gasteiger partial charge >= 0.3 is 0 Å². The van der Waals surface area contributed by atoms with E-state index in [0.29, 0.717) is 40.4 Å². The molecule has 0 saturated carbocycles. The molecule has 0 N–H and O–H groups in total. The molecule has 144 valence electrons. The van der Waals surface area contributed by atoms with Gasteiger partial charge in [-0.1, -0.05) is 91.0 Å². The summed E-state index contributed by atoms with van der Waals surface area (Å²) in [5.74, 6) is 0. The van der Waals surface area contributed by atoms with E-state index in [9.17, 15) is 14.4 Å². The van der Waals surface area contributed by atoms with Gasteiger partial charge in [0.25, 0.3) is 0 Å². The van der Waals surface area contributed by atoms with Gasteiger partial charge in [0.15, 0.2) is 18.9 Å². The van der Waals surface area contributed by atoms with Crippen molar-refractivity contribution in [1.29, 1.82) is 0 Å². The van der Waals surface area contributed by atoms with E-state index >= 15 is 0 Å². The van der Waals surface area contributed by atoms with Gasteiger partial charge in [0.1, 0.15) is 0 Å². The lowest BCUT2D eigenvalue weighted by molar-refractivity contribution is 0.109. The summed E-state index contributed by atoms with van der Waals surface area (Å²) in [5, 5.41) is 0. The Kier molecular flexibility index (Phi) is 5.44. The van der Waals surface area contributed by atoms with Crippen molar-refractivity contribution < 1.29 is 14.4 Å². The minimum atomic E-state index is 0.219. The molecule has 0 aliphatic heterocycles. The molecule has 4 rings (SSSR count). The standard InChI is InChI=1S/C27H18O3/c28-16-22-23(17-29)26(20-12-6-2-7-13-20)27(21-14-8-3-9-15-21)24(18-30)25(22)19-10-4-1-5-11-19/h1-18H. The van der Waals surface area contributed by atoms with Gasteiger partial charge in [-0.2, -0.15) is 0 Å². The minimum absolute atomic E-state index is 0.219. The summed E-state index contributed by atoms with van der Waals surface area (Å²) in [5.41, 5.74) is 4.86. The first-order chi connectivity index (χ1) is 14.8. The van der Waals surface area contributed by atoms with E-state index in [4.69, 9.17) is 0 Å². The van der Waals surface area contributed by atoms with Crippen molar-refractivity contribution in [3.05, 3.63) is 108 Å². The Bertz CT molecular complexity index is 1210. The molecule has 3 heteroatoms. The maximum absolute atomic E-state index is 12.4. The second-order valence-corrected chi connectivity index (χ2v) is 6.82. The molecule has 0 radical (unpaired) electrons. The fourth-order valence-electron chi connectivity index (χ4n) is 3.90. The quantitative estimate of drug-likeness (QED) is 0.372. The Hall–Kier alpha value is -4.11. The third-order valence-corrected chi connectivity index (χ3v) is 5.16. The normalized spacial score (nSPS) is 10.4. The number of hydrogen-bond donors (Lipinski definition) is 0. The fraction of sp³-hybridized carbons (Fsp3) is 0. The highest BCUT2D eigenvalue weighted by Crippen LogP contribution is 2.43. The molecule has 3 nitrogen and oxygen atoms in total. The van der Waals surface area contributed by atoms with Crippen LogP contribution in [0.15, 0.2) is 91.0 Å². The van der Waals surface area contributed by atoms with E-state index in [1.165, 1.54) is 0 Å². The lowest BCUT2D eigenvalue weighted by Gasteiger charge is -2.21. The summed E-state index contributed by atoms with van der Waals surface area (Å²) in [6, 6.07) is 28.0. The summed E-state index contributed by atoms with van der Waals surface area (Å²) < 4.78 is 0. The molecule has 0 aliphatic rings. The van der Waals surface area contributed by atoms with E-state index in [1.807, 2.05) is 91.0 Å². The van der Waals surface area contributed by atoms with Gasteiger partial charge in [0.05, 0.1) is 0 Å². The van der Waals surface area contributed by atoms with E-state index in [1.54, 1.807) is 0 Å². The summed E-state index contributed by atoms with van der Waals surface area (Å²) >= 11 is 0. The molecule has 4 aromatic carbocycles. The Morgan fingerprint density at radius 1 is 0.367 bits per heavy atom. The average Bonchev–Trinajstić information content (AvgIpc) is 2.83. The monoisotopic (exact) mass is 390 g/mol. The number of aldehydes is 3. The molecular formula is C27H18O3. The minimum Gasteiger partial charge on any atom is -0.298 e. The van der Waals surface area contributed by atoms with Crippen molar-refractivity contribution >= 4 is 18.9 Å². The summed E-state index contributed by atoms with van der Waals surface area (Å²) in [6.07, 6.45) is 2.15. The third-order valence-electron chi connectivity index (χ3n) is 5.16. The number of carbonyl (C=O) groups excluding carboxylic acids is 3. The highest BCUT2D eigenvalue weighted by molar-refractivity contribution is 6.14. The van der Waals surface area contributed by atoms with Gasteiger partial charge in [0, 0.05) is 33.4 Å². The molecule has 0 saturated heterocycles. The molecule has 0 aliphatic carbocycles. The molecule has 0 amide bonds. The highest BCUT2D eigenvalue weighted by atomic mass is 16.1. The maximum Gasteiger partial charge on any atom is 0.151 e. The van der Waals surface area contributed by atoms with Crippen LogP contribution in [0.25, 0.3) is 33.4 Å². The van der Waals surface area contributed by atoms with Crippen molar-refractivity contribution in [3.8, 4) is 33.4 Å². The number of benzene rings is 4. The third kappa shape index (κ3) is 3.27. The lowest BCUT2D eigenvalue weighted by atomic mass is 9.80. The first kappa shape index (κ1) is 19.2. The van der Waals surface area contributed by atoms with Crippen molar-refractivity contribution in [1.82, 2.24) is 0 Å². The fourth-order valence-corrected chi connectivity index (χ4v) is 3.90. The van der Waals surface area contributed by atoms with Crippen LogP contribution in [-0.4, -0.2) is 18.9 Å². The van der Waals surface area contributed by atoms with Crippen LogP contribution in [0.5, 0.6) is 0 Å². The van der Waals surface area contributed by atoms with E-state index in [-0.39, 0.29) is 11.1 Å². The predicted octanol–water partition coefficient (Wildman–Crippen LogP) is 6.13. The SMILES string of the molecule is O=Cc1c(C=O)c(-c2ccccc2)c(-c2ccccc2)c(C=O)c1-c1ccccc1. The Labute approximate surface area is 174 Å². The highest BCUT2D eigenvalue weighted by Gasteiger charge is 2.25. The van der Waals surface area contributed by atoms with Crippen LogP contribution in [0.3, 0.4) is 0 Å². The topological polar surface area (TPSA) is 51.2 Å². The van der Waals surface area contributed by atoms with Crippen LogP contribution in [0, 0.1) is 0 Å². The van der Waals surface area contributed by atoms with Crippen molar-refractivity contribution in [2.45, 2.75) is 0 Å². The first-order valence-electron chi connectivity index (χ1n) is 9.56. The summed E-state index contributed by atoms with van der Waals surface area (Å²) in [6.45, 7) is 0. The zero-order chi connectivity index (χ0) is 20.9. The second-order valence-electron chi connectivity index (χ2n) is 6.82. The van der Waals surface area contributed by atoms with Gasteiger partial charge in [-0.25, -0.2) is 0 Å². The second kappa shape index (κ2) is 8.50. The predicted molar refractivity (Wildman–Crippen MR) is 119 cm³/mol. The Balaban J connectivity index is 2.25.